The second-order valence-electron chi connectivity index (χ2n) is 7.30. The number of allylic oxidation sites excluding steroid dienone is 1. The highest BCUT2D eigenvalue weighted by molar-refractivity contribution is 6.37. The lowest BCUT2D eigenvalue weighted by Gasteiger charge is -2.26. The van der Waals surface area contributed by atoms with Crippen LogP contribution in [0.2, 0.25) is 5.02 Å². The summed E-state index contributed by atoms with van der Waals surface area (Å²) in [4.78, 5) is 17.5. The first-order chi connectivity index (χ1) is 14.8. The summed E-state index contributed by atoms with van der Waals surface area (Å²) >= 11 is 6.20. The lowest BCUT2D eigenvalue weighted by molar-refractivity contribution is -0.137. The van der Waals surface area contributed by atoms with E-state index < -0.39 is 40.0 Å². The lowest BCUT2D eigenvalue weighted by atomic mass is 9.96. The van der Waals surface area contributed by atoms with Gasteiger partial charge >= 0.3 is 6.18 Å². The molecule has 1 aliphatic heterocycles. The van der Waals surface area contributed by atoms with Gasteiger partial charge in [-0.1, -0.05) is 24.2 Å². The Morgan fingerprint density at radius 1 is 1.12 bits per heavy atom. The molecule has 3 rings (SSSR count). The van der Waals surface area contributed by atoms with Crippen LogP contribution in [0.15, 0.2) is 59.4 Å². The van der Waals surface area contributed by atoms with Gasteiger partial charge in [-0.15, -0.1) is 0 Å². The van der Waals surface area contributed by atoms with Gasteiger partial charge in [0.05, 0.1) is 33.6 Å². The number of anilines is 1. The maximum Gasteiger partial charge on any atom is 0.417 e. The van der Waals surface area contributed by atoms with Gasteiger partial charge < -0.3 is 4.90 Å². The summed E-state index contributed by atoms with van der Waals surface area (Å²) < 4.78 is 70.2. The molecule has 0 fully saturated rings. The Labute approximate surface area is 186 Å². The standard InChI is InChI=1S/C23H18ClF5N2O/c1-11(14(4)32)10-31-13(3)12(2)30-22(19-16(25)6-5-7-17(19)26)20-18(31)9-8-15(21(20)24)23(27,28)29/h5-10,12H,3H2,1-2,4H3/b11-10-/t12-/m0/s1. The molecular weight excluding hydrogens is 451 g/mol. The maximum atomic E-state index is 14.7. The van der Waals surface area contributed by atoms with Crippen molar-refractivity contribution in [3.05, 3.63) is 87.7 Å². The predicted octanol–water partition coefficient (Wildman–Crippen LogP) is 6.69. The van der Waals surface area contributed by atoms with Crippen LogP contribution < -0.4 is 4.90 Å². The Balaban J connectivity index is 2.46. The zero-order chi connectivity index (χ0) is 24.0. The van der Waals surface area contributed by atoms with Crippen molar-refractivity contribution in [2.45, 2.75) is 33.0 Å². The van der Waals surface area contributed by atoms with E-state index in [0.29, 0.717) is 0 Å². The number of carbonyl (C=O) groups excluding carboxylic acids is 1. The van der Waals surface area contributed by atoms with E-state index in [1.807, 2.05) is 0 Å². The molecule has 0 aromatic heterocycles. The molecule has 0 saturated heterocycles. The zero-order valence-corrected chi connectivity index (χ0v) is 18.1. The Hall–Kier alpha value is -3.00. The number of halogens is 6. The Bertz CT molecular complexity index is 1160. The van der Waals surface area contributed by atoms with Crippen LogP contribution in [0.1, 0.15) is 37.5 Å². The van der Waals surface area contributed by atoms with E-state index in [1.165, 1.54) is 24.9 Å². The van der Waals surface area contributed by atoms with Gasteiger partial charge in [-0.3, -0.25) is 9.79 Å². The molecular formula is C23H18ClF5N2O. The van der Waals surface area contributed by atoms with E-state index in [-0.39, 0.29) is 34.0 Å². The van der Waals surface area contributed by atoms with Crippen LogP contribution in [0.4, 0.5) is 27.6 Å². The monoisotopic (exact) mass is 468 g/mol. The van der Waals surface area contributed by atoms with Gasteiger partial charge in [-0.05, 0) is 45.0 Å². The number of fused-ring (bicyclic) bond motifs is 1. The van der Waals surface area contributed by atoms with E-state index >= 15 is 0 Å². The van der Waals surface area contributed by atoms with Crippen molar-refractivity contribution < 1.29 is 26.7 Å². The molecule has 1 atom stereocenters. The minimum atomic E-state index is -4.82. The summed E-state index contributed by atoms with van der Waals surface area (Å²) in [5, 5.41) is -0.766. The first-order valence-corrected chi connectivity index (χ1v) is 9.82. The molecule has 0 aliphatic carbocycles. The quantitative estimate of drug-likeness (QED) is 0.371. The minimum absolute atomic E-state index is 0.0550. The molecule has 1 aliphatic rings. The third-order valence-corrected chi connectivity index (χ3v) is 5.51. The van der Waals surface area contributed by atoms with Crippen LogP contribution >= 0.6 is 11.6 Å². The molecule has 0 amide bonds. The fraction of sp³-hybridized carbons (Fsp3) is 0.217. The average Bonchev–Trinajstić information content (AvgIpc) is 2.78. The number of benzodiazepines with no additional fused rings is 1. The third kappa shape index (κ3) is 4.19. The van der Waals surface area contributed by atoms with Crippen molar-refractivity contribution in [2.75, 3.05) is 4.90 Å². The SMILES string of the molecule is C=C1[C@H](C)N=C(c2c(F)cccc2F)c2c(ccc(C(F)(F)F)c2Cl)N1/C=C(/C)C(C)=O. The van der Waals surface area contributed by atoms with E-state index in [9.17, 15) is 26.7 Å². The van der Waals surface area contributed by atoms with Crippen molar-refractivity contribution in [1.82, 2.24) is 0 Å². The minimum Gasteiger partial charge on any atom is -0.318 e. The van der Waals surface area contributed by atoms with Crippen molar-refractivity contribution in [1.29, 1.82) is 0 Å². The molecule has 0 N–H and O–H groups in total. The normalized spacial score (nSPS) is 17.1. The van der Waals surface area contributed by atoms with E-state index in [4.69, 9.17) is 11.6 Å². The van der Waals surface area contributed by atoms with E-state index in [2.05, 4.69) is 11.6 Å². The van der Waals surface area contributed by atoms with Gasteiger partial charge in [0.25, 0.3) is 0 Å². The number of benzene rings is 2. The van der Waals surface area contributed by atoms with Crippen LogP contribution in [0.3, 0.4) is 0 Å². The average molecular weight is 469 g/mol. The van der Waals surface area contributed by atoms with Crippen LogP contribution in [0.25, 0.3) is 0 Å². The number of hydrogen-bond acceptors (Lipinski definition) is 3. The van der Waals surface area contributed by atoms with Gasteiger partial charge in [0.15, 0.2) is 5.78 Å². The molecule has 0 saturated carbocycles. The van der Waals surface area contributed by atoms with Crippen molar-refractivity contribution >= 4 is 28.8 Å². The molecule has 2 aromatic rings. The fourth-order valence-electron chi connectivity index (χ4n) is 3.25. The van der Waals surface area contributed by atoms with Gasteiger partial charge in [-0.2, -0.15) is 13.2 Å². The van der Waals surface area contributed by atoms with Crippen LogP contribution in [0, 0.1) is 11.6 Å². The number of aliphatic imine (C=N–C) groups is 1. The summed E-state index contributed by atoms with van der Waals surface area (Å²) in [5.41, 5.74) is -1.88. The number of alkyl halides is 3. The van der Waals surface area contributed by atoms with E-state index in [1.54, 1.807) is 6.92 Å². The van der Waals surface area contributed by atoms with Crippen LogP contribution in [-0.4, -0.2) is 17.5 Å². The predicted molar refractivity (Wildman–Crippen MR) is 114 cm³/mol. The highest BCUT2D eigenvalue weighted by Gasteiger charge is 2.38. The number of rotatable bonds is 3. The largest absolute Gasteiger partial charge is 0.417 e. The third-order valence-electron chi connectivity index (χ3n) is 5.11. The molecule has 0 unspecified atom stereocenters. The molecule has 0 spiro atoms. The highest BCUT2D eigenvalue weighted by atomic mass is 35.5. The van der Waals surface area contributed by atoms with E-state index in [0.717, 1.165) is 30.3 Å². The molecule has 3 nitrogen and oxygen atoms in total. The number of Topliss-reactive ketones (excluding diaryl/α,β-unsaturated/α-hetero) is 1. The second kappa shape index (κ2) is 8.50. The summed E-state index contributed by atoms with van der Waals surface area (Å²) in [6.07, 6.45) is -3.43. The molecule has 0 radical (unpaired) electrons. The van der Waals surface area contributed by atoms with Gasteiger partial charge in [0, 0.05) is 23.0 Å². The Morgan fingerprint density at radius 3 is 2.25 bits per heavy atom. The molecule has 0 bridgehead atoms. The molecule has 1 heterocycles. The zero-order valence-electron chi connectivity index (χ0n) is 17.3. The highest BCUT2D eigenvalue weighted by Crippen LogP contribution is 2.43. The molecule has 2 aromatic carbocycles. The lowest BCUT2D eigenvalue weighted by Crippen LogP contribution is -2.22. The number of ketones is 1. The van der Waals surface area contributed by atoms with Crippen LogP contribution in [0.5, 0.6) is 0 Å². The summed E-state index contributed by atoms with van der Waals surface area (Å²) in [7, 11) is 0. The van der Waals surface area contributed by atoms with Gasteiger partial charge in [0.1, 0.15) is 11.6 Å². The maximum absolute atomic E-state index is 14.7. The van der Waals surface area contributed by atoms with Crippen LogP contribution in [-0.2, 0) is 11.0 Å². The summed E-state index contributed by atoms with van der Waals surface area (Å²) in [5.74, 6) is -2.30. The first kappa shape index (κ1) is 23.7. The van der Waals surface area contributed by atoms with Crippen molar-refractivity contribution in [3.63, 3.8) is 0 Å². The second-order valence-corrected chi connectivity index (χ2v) is 7.68. The van der Waals surface area contributed by atoms with Crippen molar-refractivity contribution in [2.24, 2.45) is 4.99 Å². The van der Waals surface area contributed by atoms with Gasteiger partial charge in [-0.25, -0.2) is 8.78 Å². The smallest absolute Gasteiger partial charge is 0.318 e. The summed E-state index contributed by atoms with van der Waals surface area (Å²) in [6.45, 7) is 8.35. The van der Waals surface area contributed by atoms with Gasteiger partial charge in [0.2, 0.25) is 0 Å². The molecule has 32 heavy (non-hydrogen) atoms. The molecule has 168 valence electrons. The Morgan fingerprint density at radius 2 is 1.72 bits per heavy atom. The first-order valence-electron chi connectivity index (χ1n) is 9.44. The number of nitrogens with zero attached hydrogens (tertiary/aromatic N) is 2. The van der Waals surface area contributed by atoms with Crippen molar-refractivity contribution in [3.8, 4) is 0 Å². The summed E-state index contributed by atoms with van der Waals surface area (Å²) in [6, 6.07) is 4.16. The molecule has 9 heteroatoms. The fourth-order valence-corrected chi connectivity index (χ4v) is 3.61. The number of hydrogen-bond donors (Lipinski definition) is 0. The topological polar surface area (TPSA) is 32.7 Å². The Kier molecular flexibility index (Phi) is 6.29. The number of carbonyl (C=O) groups is 1.